The van der Waals surface area contributed by atoms with E-state index in [1.54, 1.807) is 55.5 Å². The van der Waals surface area contributed by atoms with E-state index >= 15 is 0 Å². The molecule has 2 aromatic rings. The number of anilines is 1. The Balaban J connectivity index is 2.15. The van der Waals surface area contributed by atoms with Crippen LogP contribution in [0.1, 0.15) is 29.8 Å². The highest BCUT2D eigenvalue weighted by atomic mass is 35.5. The quantitative estimate of drug-likeness (QED) is 0.386. The van der Waals surface area contributed by atoms with Crippen LogP contribution >= 0.6 is 23.2 Å². The molecule has 2 aromatic carbocycles. The van der Waals surface area contributed by atoms with Crippen LogP contribution < -0.4 is 4.90 Å². The van der Waals surface area contributed by atoms with Crippen LogP contribution in [0.4, 0.5) is 5.69 Å². The molecule has 0 bridgehead atoms. The van der Waals surface area contributed by atoms with Crippen molar-refractivity contribution in [2.75, 3.05) is 12.0 Å². The van der Waals surface area contributed by atoms with E-state index in [0.29, 0.717) is 32.6 Å². The summed E-state index contributed by atoms with van der Waals surface area (Å²) in [6.07, 6.45) is 1.56. The summed E-state index contributed by atoms with van der Waals surface area (Å²) < 4.78 is 4.89. The average Bonchev–Trinajstić information content (AvgIpc) is 2.94. The fourth-order valence-electron chi connectivity index (χ4n) is 3.12. The van der Waals surface area contributed by atoms with Crippen molar-refractivity contribution in [2.45, 2.75) is 13.8 Å². The van der Waals surface area contributed by atoms with Crippen LogP contribution in [0.2, 0.25) is 10.0 Å². The normalized spacial score (nSPS) is 15.3. The number of hydrogen-bond donors (Lipinski definition) is 0. The van der Waals surface area contributed by atoms with Gasteiger partial charge in [0, 0.05) is 16.9 Å². The van der Waals surface area contributed by atoms with Crippen LogP contribution in [0.5, 0.6) is 0 Å². The van der Waals surface area contributed by atoms with E-state index < -0.39 is 11.9 Å². The first kappa shape index (κ1) is 20.8. The number of carbonyl (C=O) groups is 3. The van der Waals surface area contributed by atoms with Crippen LogP contribution in [-0.4, -0.2) is 24.8 Å². The highest BCUT2D eigenvalue weighted by Crippen LogP contribution is 2.36. The molecular weight excluding hydrogens is 413 g/mol. The fourth-order valence-corrected chi connectivity index (χ4v) is 3.43. The molecule has 29 heavy (non-hydrogen) atoms. The zero-order valence-corrected chi connectivity index (χ0v) is 17.5. The second kappa shape index (κ2) is 8.23. The molecule has 0 spiro atoms. The van der Waals surface area contributed by atoms with Crippen molar-refractivity contribution in [1.29, 1.82) is 0 Å². The fraction of sp³-hybridized carbons (Fsp3) is 0.136. The third kappa shape index (κ3) is 3.97. The van der Waals surface area contributed by atoms with Crippen molar-refractivity contribution in [2.24, 2.45) is 0 Å². The Morgan fingerprint density at radius 2 is 1.79 bits per heavy atom. The van der Waals surface area contributed by atoms with E-state index in [0.717, 1.165) is 0 Å². The molecule has 1 aliphatic rings. The predicted octanol–water partition coefficient (Wildman–Crippen LogP) is 5.07. The van der Waals surface area contributed by atoms with E-state index in [1.165, 1.54) is 18.9 Å². The first-order valence-electron chi connectivity index (χ1n) is 8.66. The maximum atomic E-state index is 13.2. The second-order valence-corrected chi connectivity index (χ2v) is 7.25. The van der Waals surface area contributed by atoms with Crippen molar-refractivity contribution in [1.82, 2.24) is 0 Å². The van der Waals surface area contributed by atoms with Gasteiger partial charge in [-0.1, -0.05) is 41.4 Å². The summed E-state index contributed by atoms with van der Waals surface area (Å²) in [5, 5.41) is 0.715. The monoisotopic (exact) mass is 429 g/mol. The van der Waals surface area contributed by atoms with Gasteiger partial charge in [-0.25, -0.2) is 4.79 Å². The number of rotatable bonds is 4. The molecule has 1 aliphatic heterocycles. The molecule has 3 rings (SSSR count). The summed E-state index contributed by atoms with van der Waals surface area (Å²) >= 11 is 12.0. The first-order chi connectivity index (χ1) is 13.7. The topological polar surface area (TPSA) is 63.7 Å². The number of halogens is 2. The standard InChI is InChI=1S/C22H17Cl2NO4/c1-12-20(22(28)29-3)17(9-14-7-8-18(23)19(24)10-14)21(27)25(12)16-6-4-5-15(11-16)13(2)26/h4-11H,1-3H3/b17-9-. The molecule has 0 saturated heterocycles. The molecule has 0 unspecified atom stereocenters. The first-order valence-corrected chi connectivity index (χ1v) is 9.42. The highest BCUT2D eigenvalue weighted by Gasteiger charge is 2.38. The molecule has 0 aromatic heterocycles. The molecule has 0 saturated carbocycles. The SMILES string of the molecule is COC(=O)C1=C(C)N(c2cccc(C(C)=O)c2)C(=O)/C1=C\c1ccc(Cl)c(Cl)c1. The number of Topliss-reactive ketones (excluding diaryl/α,β-unsaturated/α-hetero) is 1. The van der Waals surface area contributed by atoms with E-state index in [9.17, 15) is 14.4 Å². The van der Waals surface area contributed by atoms with Crippen LogP contribution in [0, 0.1) is 0 Å². The lowest BCUT2D eigenvalue weighted by atomic mass is 10.0. The van der Waals surface area contributed by atoms with Gasteiger partial charge in [0.05, 0.1) is 28.3 Å². The summed E-state index contributed by atoms with van der Waals surface area (Å²) in [4.78, 5) is 38.8. The number of esters is 1. The summed E-state index contributed by atoms with van der Waals surface area (Å²) in [5.41, 5.74) is 2.28. The smallest absolute Gasteiger partial charge is 0.340 e. The average molecular weight is 430 g/mol. The Morgan fingerprint density at radius 3 is 2.41 bits per heavy atom. The van der Waals surface area contributed by atoms with Gasteiger partial charge < -0.3 is 4.74 Å². The van der Waals surface area contributed by atoms with Crippen molar-refractivity contribution in [3.05, 3.63) is 80.5 Å². The number of allylic oxidation sites excluding steroid dienone is 1. The van der Waals surface area contributed by atoms with E-state index in [2.05, 4.69) is 0 Å². The van der Waals surface area contributed by atoms with Crippen molar-refractivity contribution >= 4 is 52.6 Å². The molecule has 5 nitrogen and oxygen atoms in total. The predicted molar refractivity (Wildman–Crippen MR) is 113 cm³/mol. The van der Waals surface area contributed by atoms with Gasteiger partial charge in [-0.05, 0) is 49.8 Å². The number of carbonyl (C=O) groups excluding carboxylic acids is 3. The molecule has 0 fully saturated rings. The van der Waals surface area contributed by atoms with Gasteiger partial charge in [-0.15, -0.1) is 0 Å². The number of hydrogen-bond acceptors (Lipinski definition) is 4. The zero-order chi connectivity index (χ0) is 21.3. The van der Waals surface area contributed by atoms with Crippen molar-refractivity contribution in [3.8, 4) is 0 Å². The van der Waals surface area contributed by atoms with Gasteiger partial charge in [0.15, 0.2) is 5.78 Å². The van der Waals surface area contributed by atoms with Crippen LogP contribution in [0.25, 0.3) is 6.08 Å². The maximum absolute atomic E-state index is 13.2. The summed E-state index contributed by atoms with van der Waals surface area (Å²) in [6, 6.07) is 11.6. The minimum Gasteiger partial charge on any atom is -0.465 e. The highest BCUT2D eigenvalue weighted by molar-refractivity contribution is 6.42. The molecular formula is C22H17Cl2NO4. The zero-order valence-electron chi connectivity index (χ0n) is 16.0. The number of ketones is 1. The summed E-state index contributed by atoms with van der Waals surface area (Å²) in [6.45, 7) is 3.10. The molecule has 1 heterocycles. The Bertz CT molecular complexity index is 1100. The molecule has 0 aliphatic carbocycles. The van der Waals surface area contributed by atoms with Crippen LogP contribution in [-0.2, 0) is 14.3 Å². The lowest BCUT2D eigenvalue weighted by Gasteiger charge is -2.18. The van der Waals surface area contributed by atoms with E-state index in [1.807, 2.05) is 0 Å². The summed E-state index contributed by atoms with van der Waals surface area (Å²) in [7, 11) is 1.25. The third-order valence-electron chi connectivity index (χ3n) is 4.56. The minimum absolute atomic E-state index is 0.125. The van der Waals surface area contributed by atoms with Crippen LogP contribution in [0.15, 0.2) is 59.3 Å². The van der Waals surface area contributed by atoms with Crippen molar-refractivity contribution < 1.29 is 19.1 Å². The number of methoxy groups -OCH3 is 1. The maximum Gasteiger partial charge on any atom is 0.340 e. The lowest BCUT2D eigenvalue weighted by molar-refractivity contribution is -0.136. The van der Waals surface area contributed by atoms with Crippen LogP contribution in [0.3, 0.4) is 0 Å². The third-order valence-corrected chi connectivity index (χ3v) is 5.29. The van der Waals surface area contributed by atoms with Gasteiger partial charge in [0.2, 0.25) is 0 Å². The largest absolute Gasteiger partial charge is 0.465 e. The lowest BCUT2D eigenvalue weighted by Crippen LogP contribution is -2.24. The molecule has 0 N–H and O–H groups in total. The molecule has 148 valence electrons. The molecule has 1 amide bonds. The van der Waals surface area contributed by atoms with Crippen molar-refractivity contribution in [3.63, 3.8) is 0 Å². The van der Waals surface area contributed by atoms with Gasteiger partial charge in [0.1, 0.15) is 0 Å². The number of nitrogens with zero attached hydrogens (tertiary/aromatic N) is 1. The second-order valence-electron chi connectivity index (χ2n) is 6.43. The minimum atomic E-state index is -0.632. The van der Waals surface area contributed by atoms with E-state index in [-0.39, 0.29) is 16.9 Å². The molecule has 7 heteroatoms. The Kier molecular flexibility index (Phi) is 5.91. The van der Waals surface area contributed by atoms with Gasteiger partial charge in [-0.3, -0.25) is 14.5 Å². The Labute approximate surface area is 178 Å². The number of benzene rings is 2. The number of ether oxygens (including phenoxy) is 1. The van der Waals surface area contributed by atoms with E-state index in [4.69, 9.17) is 27.9 Å². The molecule has 0 radical (unpaired) electrons. The number of amides is 1. The molecule has 0 atom stereocenters. The van der Waals surface area contributed by atoms with Gasteiger partial charge >= 0.3 is 5.97 Å². The summed E-state index contributed by atoms with van der Waals surface area (Å²) in [5.74, 6) is -1.16. The Hall–Kier alpha value is -2.89. The van der Waals surface area contributed by atoms with Gasteiger partial charge in [-0.2, -0.15) is 0 Å². The Morgan fingerprint density at radius 1 is 1.07 bits per heavy atom. The van der Waals surface area contributed by atoms with Gasteiger partial charge in [0.25, 0.3) is 5.91 Å².